The monoisotopic (exact) mass is 354 g/mol. The number of halogens is 2. The summed E-state index contributed by atoms with van der Waals surface area (Å²) in [6, 6.07) is 14.2. The Morgan fingerprint density at radius 2 is 1.77 bits per heavy atom. The number of para-hydroxylation sites is 1. The van der Waals surface area contributed by atoms with Gasteiger partial charge in [0, 0.05) is 20.7 Å². The van der Waals surface area contributed by atoms with E-state index in [1.165, 1.54) is 9.79 Å². The molecule has 5 heteroatoms. The Balaban J connectivity index is 0.000000217. The van der Waals surface area contributed by atoms with Crippen LogP contribution in [0.2, 0.25) is 5.02 Å². The van der Waals surface area contributed by atoms with Crippen LogP contribution in [0, 0.1) is 0 Å². The Labute approximate surface area is 146 Å². The van der Waals surface area contributed by atoms with Crippen LogP contribution in [-0.4, -0.2) is 31.4 Å². The fraction of sp³-hybridized carbons (Fsp3) is 0.294. The first-order valence-electron chi connectivity index (χ1n) is 7.14. The Morgan fingerprint density at radius 1 is 1.05 bits per heavy atom. The number of rotatable bonds is 3. The molecule has 0 aliphatic carbocycles. The fourth-order valence-corrected chi connectivity index (χ4v) is 3.25. The molecule has 0 aromatic heterocycles. The summed E-state index contributed by atoms with van der Waals surface area (Å²) in [5.74, 6) is 0.776. The second-order valence-corrected chi connectivity index (χ2v) is 7.11. The minimum Gasteiger partial charge on any atom is -0.354 e. The van der Waals surface area contributed by atoms with Gasteiger partial charge >= 0.3 is 0 Å². The molecule has 0 amide bonds. The van der Waals surface area contributed by atoms with Gasteiger partial charge < -0.3 is 10.2 Å². The number of nitrogens with one attached hydrogen (secondary N) is 1. The van der Waals surface area contributed by atoms with E-state index in [9.17, 15) is 0 Å². The predicted octanol–water partition coefficient (Wildman–Crippen LogP) is 5.73. The van der Waals surface area contributed by atoms with Crippen LogP contribution in [0.3, 0.4) is 0 Å². The van der Waals surface area contributed by atoms with Crippen LogP contribution in [0.25, 0.3) is 0 Å². The highest BCUT2D eigenvalue weighted by Gasteiger charge is 2.14. The summed E-state index contributed by atoms with van der Waals surface area (Å²) in [5.41, 5.74) is 2.24. The van der Waals surface area contributed by atoms with Crippen LogP contribution >= 0.6 is 35.0 Å². The second-order valence-electron chi connectivity index (χ2n) is 5.21. The number of nitrogens with zero attached hydrogens (tertiary/aromatic N) is 1. The zero-order valence-corrected chi connectivity index (χ0v) is 15.1. The molecule has 2 aromatic carbocycles. The molecule has 3 rings (SSSR count). The molecular formula is C17H20Cl2N2S. The zero-order chi connectivity index (χ0) is 15.9. The van der Waals surface area contributed by atoms with E-state index in [-0.39, 0.29) is 0 Å². The van der Waals surface area contributed by atoms with Crippen LogP contribution in [0.4, 0.5) is 11.4 Å². The first kappa shape index (κ1) is 17.5. The highest BCUT2D eigenvalue weighted by molar-refractivity contribution is 7.99. The van der Waals surface area contributed by atoms with E-state index in [2.05, 4.69) is 28.4 Å². The molecule has 0 radical (unpaired) electrons. The van der Waals surface area contributed by atoms with Gasteiger partial charge in [0.1, 0.15) is 0 Å². The molecule has 0 saturated carbocycles. The molecular weight excluding hydrogens is 335 g/mol. The standard InChI is InChI=1S/C12H8ClNS.C5H12ClN/c13-8-5-6-12-10(7-8)14-9-3-1-2-4-11(9)15-12;1-7(2)5-3-4-6/h1-7,14H;3-5H2,1-2H3. The molecule has 1 heterocycles. The Morgan fingerprint density at radius 3 is 2.45 bits per heavy atom. The number of hydrogen-bond acceptors (Lipinski definition) is 3. The van der Waals surface area contributed by atoms with Crippen molar-refractivity contribution in [3.05, 3.63) is 47.5 Å². The molecule has 2 nitrogen and oxygen atoms in total. The van der Waals surface area contributed by atoms with Gasteiger partial charge in [0.15, 0.2) is 0 Å². The maximum atomic E-state index is 5.95. The molecule has 2 aromatic rings. The van der Waals surface area contributed by atoms with Crippen molar-refractivity contribution in [3.8, 4) is 0 Å². The maximum Gasteiger partial charge on any atom is 0.0541 e. The van der Waals surface area contributed by atoms with Gasteiger partial charge in [-0.3, -0.25) is 0 Å². The van der Waals surface area contributed by atoms with Gasteiger partial charge in [-0.1, -0.05) is 35.5 Å². The summed E-state index contributed by atoms with van der Waals surface area (Å²) in [6.07, 6.45) is 1.09. The average molecular weight is 355 g/mol. The quantitative estimate of drug-likeness (QED) is 0.605. The van der Waals surface area contributed by atoms with Crippen molar-refractivity contribution in [2.75, 3.05) is 31.8 Å². The number of anilines is 2. The third-order valence-corrected chi connectivity index (χ3v) is 4.71. The lowest BCUT2D eigenvalue weighted by Crippen LogP contribution is -2.12. The summed E-state index contributed by atoms with van der Waals surface area (Å²) in [5, 5.41) is 4.14. The molecule has 0 spiro atoms. The van der Waals surface area contributed by atoms with E-state index in [4.69, 9.17) is 23.2 Å². The molecule has 0 fully saturated rings. The summed E-state index contributed by atoms with van der Waals surface area (Å²) in [4.78, 5) is 4.60. The van der Waals surface area contributed by atoms with Crippen LogP contribution in [0.1, 0.15) is 6.42 Å². The average Bonchev–Trinajstić information content (AvgIpc) is 2.51. The minimum atomic E-state index is 0.765. The third kappa shape index (κ3) is 5.10. The van der Waals surface area contributed by atoms with Gasteiger partial charge in [0.2, 0.25) is 0 Å². The summed E-state index contributed by atoms with van der Waals surface area (Å²) in [6.45, 7) is 1.10. The van der Waals surface area contributed by atoms with Gasteiger partial charge in [-0.05, 0) is 57.4 Å². The summed E-state index contributed by atoms with van der Waals surface area (Å²) in [7, 11) is 4.10. The van der Waals surface area contributed by atoms with Crippen molar-refractivity contribution in [1.82, 2.24) is 4.90 Å². The molecule has 118 valence electrons. The van der Waals surface area contributed by atoms with E-state index in [0.29, 0.717) is 0 Å². The Bertz CT molecular complexity index is 617. The molecule has 22 heavy (non-hydrogen) atoms. The molecule has 1 N–H and O–H groups in total. The predicted molar refractivity (Wildman–Crippen MR) is 99.2 cm³/mol. The Hall–Kier alpha value is -0.870. The van der Waals surface area contributed by atoms with E-state index in [1.54, 1.807) is 11.8 Å². The maximum absolute atomic E-state index is 5.95. The van der Waals surface area contributed by atoms with Crippen molar-refractivity contribution < 1.29 is 0 Å². The number of benzene rings is 2. The van der Waals surface area contributed by atoms with Crippen LogP contribution in [-0.2, 0) is 0 Å². The van der Waals surface area contributed by atoms with Crippen molar-refractivity contribution in [1.29, 1.82) is 0 Å². The lowest BCUT2D eigenvalue weighted by molar-refractivity contribution is 0.409. The van der Waals surface area contributed by atoms with Crippen molar-refractivity contribution in [3.63, 3.8) is 0 Å². The highest BCUT2D eigenvalue weighted by Crippen LogP contribution is 2.44. The largest absolute Gasteiger partial charge is 0.354 e. The molecule has 0 bridgehead atoms. The van der Waals surface area contributed by atoms with Crippen LogP contribution in [0.5, 0.6) is 0 Å². The lowest BCUT2D eigenvalue weighted by Gasteiger charge is -2.20. The van der Waals surface area contributed by atoms with Gasteiger partial charge in [-0.2, -0.15) is 0 Å². The molecule has 0 unspecified atom stereocenters. The normalized spacial score (nSPS) is 11.9. The third-order valence-electron chi connectivity index (χ3n) is 3.06. The van der Waals surface area contributed by atoms with Crippen molar-refractivity contribution in [2.45, 2.75) is 16.2 Å². The summed E-state index contributed by atoms with van der Waals surface area (Å²) < 4.78 is 0. The van der Waals surface area contributed by atoms with Gasteiger partial charge in [0.25, 0.3) is 0 Å². The topological polar surface area (TPSA) is 15.3 Å². The summed E-state index contributed by atoms with van der Waals surface area (Å²) >= 11 is 13.1. The molecule has 0 saturated heterocycles. The zero-order valence-electron chi connectivity index (χ0n) is 12.8. The van der Waals surface area contributed by atoms with Gasteiger partial charge in [-0.15, -0.1) is 11.6 Å². The lowest BCUT2D eigenvalue weighted by atomic mass is 10.2. The van der Waals surface area contributed by atoms with E-state index in [0.717, 1.165) is 35.2 Å². The minimum absolute atomic E-state index is 0.765. The SMILES string of the molecule is CN(C)CCCCl.Clc1ccc2c(c1)Nc1ccccc1S2. The molecule has 0 atom stereocenters. The highest BCUT2D eigenvalue weighted by atomic mass is 35.5. The van der Waals surface area contributed by atoms with Crippen molar-refractivity contribution >= 4 is 46.3 Å². The van der Waals surface area contributed by atoms with Gasteiger partial charge in [-0.25, -0.2) is 0 Å². The van der Waals surface area contributed by atoms with Gasteiger partial charge in [0.05, 0.1) is 11.4 Å². The first-order valence-corrected chi connectivity index (χ1v) is 8.87. The Kier molecular flexibility index (Phi) is 6.90. The van der Waals surface area contributed by atoms with E-state index < -0.39 is 0 Å². The first-order chi connectivity index (χ1) is 10.6. The van der Waals surface area contributed by atoms with E-state index in [1.807, 2.05) is 38.4 Å². The number of alkyl halides is 1. The van der Waals surface area contributed by atoms with E-state index >= 15 is 0 Å². The second kappa shape index (κ2) is 8.68. The molecule has 1 aliphatic heterocycles. The number of fused-ring (bicyclic) bond motifs is 2. The van der Waals surface area contributed by atoms with Crippen LogP contribution in [0.15, 0.2) is 52.3 Å². The smallest absolute Gasteiger partial charge is 0.0541 e. The van der Waals surface area contributed by atoms with Crippen LogP contribution < -0.4 is 5.32 Å². The number of hydrogen-bond donors (Lipinski definition) is 1. The molecule has 1 aliphatic rings. The van der Waals surface area contributed by atoms with Crippen molar-refractivity contribution in [2.24, 2.45) is 0 Å². The fourth-order valence-electron chi connectivity index (χ4n) is 1.99.